The number of aryl methyl sites for hydroxylation is 1. The Balaban J connectivity index is 2.21. The van der Waals surface area contributed by atoms with Gasteiger partial charge in [-0.15, -0.1) is 11.3 Å². The fourth-order valence-corrected chi connectivity index (χ4v) is 2.52. The van der Waals surface area contributed by atoms with Gasteiger partial charge in [0.05, 0.1) is 9.88 Å². The predicted octanol–water partition coefficient (Wildman–Crippen LogP) is 4.18. The second-order valence-electron chi connectivity index (χ2n) is 3.58. The third-order valence-corrected chi connectivity index (χ3v) is 3.81. The summed E-state index contributed by atoms with van der Waals surface area (Å²) in [5, 5.41) is 2.02. The van der Waals surface area contributed by atoms with Crippen LogP contribution in [-0.2, 0) is 6.42 Å². The van der Waals surface area contributed by atoms with Gasteiger partial charge in [0.2, 0.25) is 0 Å². The monoisotopic (exact) mass is 285 g/mol. The maximum absolute atomic E-state index is 12.0. The lowest BCUT2D eigenvalue weighted by atomic mass is 10.1. The van der Waals surface area contributed by atoms with E-state index >= 15 is 0 Å². The van der Waals surface area contributed by atoms with E-state index in [1.165, 1.54) is 11.3 Å². The number of thiazole rings is 1. The second kappa shape index (κ2) is 5.17. The smallest absolute Gasteiger partial charge is 0.178 e. The number of Topliss-reactive ketones (excluding diaryl/α,β-unsaturated/α-hetero) is 1. The van der Waals surface area contributed by atoms with Gasteiger partial charge in [0, 0.05) is 22.7 Å². The second-order valence-corrected chi connectivity index (χ2v) is 5.66. The highest BCUT2D eigenvalue weighted by atomic mass is 35.5. The topological polar surface area (TPSA) is 30.0 Å². The van der Waals surface area contributed by atoms with Gasteiger partial charge in [-0.25, -0.2) is 4.98 Å². The number of hydrogen-bond acceptors (Lipinski definition) is 3. The maximum atomic E-state index is 12.0. The molecular formula is C12H9Cl2NOS. The Labute approximate surface area is 113 Å². The van der Waals surface area contributed by atoms with Gasteiger partial charge in [0.25, 0.3) is 0 Å². The minimum Gasteiger partial charge on any atom is -0.293 e. The molecule has 0 aliphatic rings. The summed E-state index contributed by atoms with van der Waals surface area (Å²) < 4.78 is 0. The molecule has 0 unspecified atom stereocenters. The van der Waals surface area contributed by atoms with Crippen LogP contribution in [0.1, 0.15) is 20.2 Å². The van der Waals surface area contributed by atoms with E-state index in [0.717, 1.165) is 10.6 Å². The van der Waals surface area contributed by atoms with Gasteiger partial charge in [0.1, 0.15) is 0 Å². The molecule has 88 valence electrons. The van der Waals surface area contributed by atoms with Gasteiger partial charge >= 0.3 is 0 Å². The molecule has 0 aliphatic carbocycles. The van der Waals surface area contributed by atoms with Gasteiger partial charge < -0.3 is 0 Å². The maximum Gasteiger partial charge on any atom is 0.178 e. The Morgan fingerprint density at radius 3 is 2.82 bits per heavy atom. The molecule has 0 saturated heterocycles. The summed E-state index contributed by atoms with van der Waals surface area (Å²) in [5.74, 6) is 0.0137. The highest BCUT2D eigenvalue weighted by molar-refractivity contribution is 7.13. The molecule has 0 N–H and O–H groups in total. The van der Waals surface area contributed by atoms with Crippen LogP contribution in [0.2, 0.25) is 10.0 Å². The molecule has 0 fully saturated rings. The first kappa shape index (κ1) is 12.6. The molecule has 2 nitrogen and oxygen atoms in total. The normalized spacial score (nSPS) is 10.5. The number of carbonyl (C=O) groups excluding carboxylic acids is 1. The third-order valence-electron chi connectivity index (χ3n) is 2.25. The first-order valence-corrected chi connectivity index (χ1v) is 6.53. The molecule has 1 aromatic heterocycles. The largest absolute Gasteiger partial charge is 0.293 e. The van der Waals surface area contributed by atoms with Gasteiger partial charge in [-0.05, 0) is 30.7 Å². The molecule has 0 saturated carbocycles. The zero-order chi connectivity index (χ0) is 12.4. The molecule has 2 rings (SSSR count). The highest BCUT2D eigenvalue weighted by Gasteiger charge is 2.12. The van der Waals surface area contributed by atoms with E-state index in [1.807, 2.05) is 6.92 Å². The average Bonchev–Trinajstić information content (AvgIpc) is 2.70. The standard InChI is InChI=1S/C12H9Cl2NOS/c1-7-15-6-12(17-7)11(16)5-8-4-9(13)2-3-10(8)14/h2-4,6H,5H2,1H3. The molecule has 0 spiro atoms. The molecule has 0 amide bonds. The van der Waals surface area contributed by atoms with Crippen LogP contribution >= 0.6 is 34.5 Å². The number of carbonyl (C=O) groups is 1. The third kappa shape index (κ3) is 3.06. The molecule has 0 radical (unpaired) electrons. The van der Waals surface area contributed by atoms with E-state index in [4.69, 9.17) is 23.2 Å². The lowest BCUT2D eigenvalue weighted by molar-refractivity contribution is 0.0996. The number of rotatable bonds is 3. The van der Waals surface area contributed by atoms with Crippen molar-refractivity contribution < 1.29 is 4.79 Å². The van der Waals surface area contributed by atoms with Crippen molar-refractivity contribution >= 4 is 40.3 Å². The van der Waals surface area contributed by atoms with Crippen molar-refractivity contribution in [2.45, 2.75) is 13.3 Å². The van der Waals surface area contributed by atoms with Crippen LogP contribution in [0.15, 0.2) is 24.4 Å². The summed E-state index contributed by atoms with van der Waals surface area (Å²) in [6.07, 6.45) is 1.85. The van der Waals surface area contributed by atoms with E-state index in [0.29, 0.717) is 14.9 Å². The molecule has 0 atom stereocenters. The van der Waals surface area contributed by atoms with Crippen LogP contribution in [0.25, 0.3) is 0 Å². The summed E-state index contributed by atoms with van der Waals surface area (Å²) in [7, 11) is 0. The molecule has 1 aromatic carbocycles. The average molecular weight is 286 g/mol. The van der Waals surface area contributed by atoms with Gasteiger partial charge in [0.15, 0.2) is 5.78 Å². The first-order valence-electron chi connectivity index (χ1n) is 4.96. The van der Waals surface area contributed by atoms with Gasteiger partial charge in [-0.1, -0.05) is 23.2 Å². The Hall–Kier alpha value is -0.900. The molecular weight excluding hydrogens is 277 g/mol. The van der Waals surface area contributed by atoms with Crippen LogP contribution in [0, 0.1) is 6.92 Å². The Bertz CT molecular complexity index is 565. The van der Waals surface area contributed by atoms with E-state index < -0.39 is 0 Å². The van der Waals surface area contributed by atoms with Crippen LogP contribution < -0.4 is 0 Å². The van der Waals surface area contributed by atoms with Crippen molar-refractivity contribution in [2.24, 2.45) is 0 Å². The van der Waals surface area contributed by atoms with E-state index in [-0.39, 0.29) is 12.2 Å². The van der Waals surface area contributed by atoms with Crippen LogP contribution in [0.5, 0.6) is 0 Å². The van der Waals surface area contributed by atoms with Crippen molar-refractivity contribution in [1.82, 2.24) is 4.98 Å². The molecule has 5 heteroatoms. The van der Waals surface area contributed by atoms with Crippen LogP contribution in [-0.4, -0.2) is 10.8 Å². The molecule has 1 heterocycles. The minimum absolute atomic E-state index is 0.0137. The Kier molecular flexibility index (Phi) is 3.82. The van der Waals surface area contributed by atoms with Gasteiger partial charge in [-0.3, -0.25) is 4.79 Å². The van der Waals surface area contributed by atoms with E-state index in [1.54, 1.807) is 24.4 Å². The fraction of sp³-hybridized carbons (Fsp3) is 0.167. The predicted molar refractivity (Wildman–Crippen MR) is 71.3 cm³/mol. The number of ketones is 1. The highest BCUT2D eigenvalue weighted by Crippen LogP contribution is 2.23. The number of benzene rings is 1. The molecule has 0 aliphatic heterocycles. The number of halogens is 2. The minimum atomic E-state index is 0.0137. The summed E-state index contributed by atoms with van der Waals surface area (Å²) >= 11 is 13.3. The van der Waals surface area contributed by atoms with E-state index in [9.17, 15) is 4.79 Å². The van der Waals surface area contributed by atoms with Crippen molar-refractivity contribution in [3.05, 3.63) is 49.9 Å². The zero-order valence-corrected chi connectivity index (χ0v) is 11.4. The number of nitrogens with zero attached hydrogens (tertiary/aromatic N) is 1. The summed E-state index contributed by atoms with van der Waals surface area (Å²) in [5.41, 5.74) is 0.746. The Morgan fingerprint density at radius 2 is 2.18 bits per heavy atom. The Morgan fingerprint density at radius 1 is 1.41 bits per heavy atom. The summed E-state index contributed by atoms with van der Waals surface area (Å²) in [6.45, 7) is 1.87. The lowest BCUT2D eigenvalue weighted by Crippen LogP contribution is -2.01. The lowest BCUT2D eigenvalue weighted by Gasteiger charge is -2.02. The summed E-state index contributed by atoms with van der Waals surface area (Å²) in [4.78, 5) is 16.7. The number of hydrogen-bond donors (Lipinski definition) is 0. The van der Waals surface area contributed by atoms with Crippen molar-refractivity contribution in [1.29, 1.82) is 0 Å². The van der Waals surface area contributed by atoms with Crippen molar-refractivity contribution in [3.63, 3.8) is 0 Å². The fourth-order valence-electron chi connectivity index (χ4n) is 1.43. The summed E-state index contributed by atoms with van der Waals surface area (Å²) in [6, 6.07) is 5.12. The number of aromatic nitrogens is 1. The van der Waals surface area contributed by atoms with E-state index in [2.05, 4.69) is 4.98 Å². The van der Waals surface area contributed by atoms with Crippen molar-refractivity contribution in [2.75, 3.05) is 0 Å². The zero-order valence-electron chi connectivity index (χ0n) is 9.04. The molecule has 2 aromatic rings. The van der Waals surface area contributed by atoms with Crippen LogP contribution in [0.3, 0.4) is 0 Å². The van der Waals surface area contributed by atoms with Crippen molar-refractivity contribution in [3.8, 4) is 0 Å². The van der Waals surface area contributed by atoms with Crippen LogP contribution in [0.4, 0.5) is 0 Å². The quantitative estimate of drug-likeness (QED) is 0.792. The molecule has 0 bridgehead atoms. The first-order chi connectivity index (χ1) is 8.06. The SMILES string of the molecule is Cc1ncc(C(=O)Cc2cc(Cl)ccc2Cl)s1. The molecule has 17 heavy (non-hydrogen) atoms. The van der Waals surface area contributed by atoms with Gasteiger partial charge in [-0.2, -0.15) is 0 Å².